The first-order chi connectivity index (χ1) is 13.6. The average Bonchev–Trinajstić information content (AvgIpc) is 2.66. The van der Waals surface area contributed by atoms with Crippen LogP contribution in [0.5, 0.6) is 17.2 Å². The number of ketones is 1. The fraction of sp³-hybridized carbons (Fsp3) is 0.250. The lowest BCUT2D eigenvalue weighted by atomic mass is 10.1. The quantitative estimate of drug-likeness (QED) is 0.361. The second-order valence-electron chi connectivity index (χ2n) is 6.02. The lowest BCUT2D eigenvalue weighted by Crippen LogP contribution is -2.32. The highest BCUT2D eigenvalue weighted by atomic mass is 19.3. The molecule has 0 radical (unpaired) electrons. The summed E-state index contributed by atoms with van der Waals surface area (Å²) in [7, 11) is 1.35. The van der Waals surface area contributed by atoms with Crippen LogP contribution in [0.2, 0.25) is 0 Å². The third kappa shape index (κ3) is 5.95. The normalized spacial score (nSPS) is 11.9. The molecule has 0 bridgehead atoms. The van der Waals surface area contributed by atoms with Gasteiger partial charge in [0.1, 0.15) is 23.9 Å². The number of phenols is 2. The van der Waals surface area contributed by atoms with Crippen LogP contribution in [0.15, 0.2) is 42.5 Å². The number of methoxy groups -OCH3 is 1. The summed E-state index contributed by atoms with van der Waals surface area (Å²) in [6.07, 6.45) is -1.25. The Balaban J connectivity index is 2.12. The van der Waals surface area contributed by atoms with E-state index >= 15 is 0 Å². The molecule has 0 heterocycles. The third-order valence-corrected chi connectivity index (χ3v) is 3.85. The summed E-state index contributed by atoms with van der Waals surface area (Å²) in [6, 6.07) is 8.11. The van der Waals surface area contributed by atoms with Crippen molar-refractivity contribution in [3.63, 3.8) is 0 Å². The number of hydrogen-bond donors (Lipinski definition) is 2. The summed E-state index contributed by atoms with van der Waals surface area (Å²) in [4.78, 5) is 12.2. The van der Waals surface area contributed by atoms with Gasteiger partial charge in [0.25, 0.3) is 0 Å². The van der Waals surface area contributed by atoms with Gasteiger partial charge in [-0.25, -0.2) is 8.78 Å². The van der Waals surface area contributed by atoms with E-state index in [2.05, 4.69) is 0 Å². The van der Waals surface area contributed by atoms with Gasteiger partial charge in [0.15, 0.2) is 5.78 Å². The SMILES string of the molecule is COc1ccc(/C=C/C(=O)c2ccc(O)cc2O)cc1COCC(F)(F)C(F)F. The Morgan fingerprint density at radius 2 is 1.90 bits per heavy atom. The molecule has 0 aliphatic rings. The fourth-order valence-electron chi connectivity index (χ4n) is 2.37. The maximum atomic E-state index is 12.9. The number of ether oxygens (including phenoxy) is 2. The van der Waals surface area contributed by atoms with E-state index in [-0.39, 0.29) is 17.1 Å². The van der Waals surface area contributed by atoms with Gasteiger partial charge in [0, 0.05) is 11.6 Å². The molecule has 0 fully saturated rings. The Kier molecular flexibility index (Phi) is 7.22. The molecule has 2 rings (SSSR count). The van der Waals surface area contributed by atoms with Crippen LogP contribution >= 0.6 is 0 Å². The molecule has 0 aromatic heterocycles. The number of alkyl halides is 4. The standard InChI is InChI=1S/C20H18F4O5/c1-28-18-7-3-12(8-13(18)10-29-11-20(23,24)19(21)22)2-6-16(26)15-5-4-14(25)9-17(15)27/h2-9,19,25,27H,10-11H2,1H3/b6-2+. The van der Waals surface area contributed by atoms with E-state index < -0.39 is 31.3 Å². The molecule has 5 nitrogen and oxygen atoms in total. The molecule has 0 amide bonds. The average molecular weight is 414 g/mol. The van der Waals surface area contributed by atoms with Gasteiger partial charge in [0.2, 0.25) is 0 Å². The molecule has 2 aromatic carbocycles. The summed E-state index contributed by atoms with van der Waals surface area (Å²) >= 11 is 0. The minimum absolute atomic E-state index is 0.0228. The highest BCUT2D eigenvalue weighted by Crippen LogP contribution is 2.26. The second-order valence-corrected chi connectivity index (χ2v) is 6.02. The van der Waals surface area contributed by atoms with Crippen LogP contribution in [0.25, 0.3) is 6.08 Å². The molecule has 0 saturated heterocycles. The van der Waals surface area contributed by atoms with E-state index in [0.29, 0.717) is 16.9 Å². The van der Waals surface area contributed by atoms with Gasteiger partial charge in [-0.3, -0.25) is 4.79 Å². The lowest BCUT2D eigenvalue weighted by Gasteiger charge is -2.16. The number of carbonyl (C=O) groups is 1. The number of aromatic hydroxyl groups is 2. The van der Waals surface area contributed by atoms with Crippen LogP contribution in [-0.2, 0) is 11.3 Å². The predicted molar refractivity (Wildman–Crippen MR) is 96.7 cm³/mol. The van der Waals surface area contributed by atoms with E-state index in [0.717, 1.165) is 6.07 Å². The number of carbonyl (C=O) groups excluding carboxylic acids is 1. The second kappa shape index (κ2) is 9.42. The number of rotatable bonds is 9. The lowest BCUT2D eigenvalue weighted by molar-refractivity contribution is -0.168. The molecule has 0 spiro atoms. The maximum absolute atomic E-state index is 12.9. The number of allylic oxidation sites excluding steroid dienone is 1. The molecule has 29 heavy (non-hydrogen) atoms. The predicted octanol–water partition coefficient (Wildman–Crippen LogP) is 4.42. The molecule has 0 unspecified atom stereocenters. The van der Waals surface area contributed by atoms with Crippen LogP contribution in [-0.4, -0.2) is 42.1 Å². The summed E-state index contributed by atoms with van der Waals surface area (Å²) in [5.41, 5.74) is 0.779. The van der Waals surface area contributed by atoms with Crippen molar-refractivity contribution < 1.29 is 42.0 Å². The summed E-state index contributed by atoms with van der Waals surface area (Å²) in [6.45, 7) is -1.85. The molecule has 0 atom stereocenters. The van der Waals surface area contributed by atoms with Crippen molar-refractivity contribution in [2.45, 2.75) is 19.0 Å². The Hall–Kier alpha value is -3.07. The summed E-state index contributed by atoms with van der Waals surface area (Å²) in [5, 5.41) is 19.0. The van der Waals surface area contributed by atoms with Crippen LogP contribution in [0, 0.1) is 0 Å². The highest BCUT2D eigenvalue weighted by molar-refractivity contribution is 6.08. The monoisotopic (exact) mass is 414 g/mol. The molecule has 2 aromatic rings. The number of benzene rings is 2. The Labute approximate surface area is 163 Å². The van der Waals surface area contributed by atoms with E-state index in [9.17, 15) is 32.6 Å². The first-order valence-electron chi connectivity index (χ1n) is 8.29. The Bertz CT molecular complexity index is 896. The van der Waals surface area contributed by atoms with Crippen LogP contribution < -0.4 is 4.74 Å². The first-order valence-corrected chi connectivity index (χ1v) is 8.29. The van der Waals surface area contributed by atoms with Gasteiger partial charge in [0.05, 0.1) is 19.3 Å². The van der Waals surface area contributed by atoms with E-state index in [1.165, 1.54) is 43.5 Å². The van der Waals surface area contributed by atoms with Crippen molar-refractivity contribution >= 4 is 11.9 Å². The molecule has 0 saturated carbocycles. The van der Waals surface area contributed by atoms with Gasteiger partial charge in [-0.05, 0) is 35.9 Å². The largest absolute Gasteiger partial charge is 0.508 e. The van der Waals surface area contributed by atoms with Gasteiger partial charge in [-0.2, -0.15) is 8.78 Å². The smallest absolute Gasteiger partial charge is 0.330 e. The molecular formula is C20H18F4O5. The zero-order chi connectivity index (χ0) is 21.6. The van der Waals surface area contributed by atoms with Gasteiger partial charge in [-0.15, -0.1) is 0 Å². The minimum Gasteiger partial charge on any atom is -0.508 e. The van der Waals surface area contributed by atoms with Gasteiger partial charge in [-0.1, -0.05) is 12.1 Å². The molecular weight excluding hydrogens is 396 g/mol. The number of phenolic OH excluding ortho intramolecular Hbond substituents is 2. The molecule has 9 heteroatoms. The summed E-state index contributed by atoms with van der Waals surface area (Å²) in [5.74, 6) is -5.08. The topological polar surface area (TPSA) is 76.0 Å². The van der Waals surface area contributed by atoms with Gasteiger partial charge < -0.3 is 19.7 Å². The summed E-state index contributed by atoms with van der Waals surface area (Å²) < 4.78 is 60.1. The number of halogens is 4. The van der Waals surface area contributed by atoms with Crippen molar-refractivity contribution in [1.29, 1.82) is 0 Å². The zero-order valence-electron chi connectivity index (χ0n) is 15.2. The number of hydrogen-bond acceptors (Lipinski definition) is 5. The molecule has 156 valence electrons. The maximum Gasteiger partial charge on any atom is 0.330 e. The molecule has 2 N–H and O–H groups in total. The fourth-order valence-corrected chi connectivity index (χ4v) is 2.37. The van der Waals surface area contributed by atoms with Crippen LogP contribution in [0.1, 0.15) is 21.5 Å². The minimum atomic E-state index is -4.26. The highest BCUT2D eigenvalue weighted by Gasteiger charge is 2.40. The van der Waals surface area contributed by atoms with Crippen LogP contribution in [0.4, 0.5) is 17.6 Å². The van der Waals surface area contributed by atoms with Gasteiger partial charge >= 0.3 is 12.3 Å². The van der Waals surface area contributed by atoms with Crippen molar-refractivity contribution in [2.24, 2.45) is 0 Å². The van der Waals surface area contributed by atoms with E-state index in [1.807, 2.05) is 0 Å². The van der Waals surface area contributed by atoms with Crippen LogP contribution in [0.3, 0.4) is 0 Å². The first kappa shape index (κ1) is 22.2. The van der Waals surface area contributed by atoms with E-state index in [1.54, 1.807) is 6.07 Å². The Morgan fingerprint density at radius 3 is 2.52 bits per heavy atom. The molecule has 0 aliphatic carbocycles. The third-order valence-electron chi connectivity index (χ3n) is 3.85. The Morgan fingerprint density at radius 1 is 1.17 bits per heavy atom. The van der Waals surface area contributed by atoms with Crippen molar-refractivity contribution in [3.05, 3.63) is 59.2 Å². The van der Waals surface area contributed by atoms with Crippen molar-refractivity contribution in [3.8, 4) is 17.2 Å². The van der Waals surface area contributed by atoms with Crippen molar-refractivity contribution in [2.75, 3.05) is 13.7 Å². The molecule has 0 aliphatic heterocycles. The van der Waals surface area contributed by atoms with Crippen molar-refractivity contribution in [1.82, 2.24) is 0 Å². The van der Waals surface area contributed by atoms with E-state index in [4.69, 9.17) is 9.47 Å². The zero-order valence-corrected chi connectivity index (χ0v) is 15.2.